The van der Waals surface area contributed by atoms with Crippen molar-refractivity contribution < 1.29 is 4.74 Å². The van der Waals surface area contributed by atoms with Crippen LogP contribution >= 0.6 is 0 Å². The molecule has 0 radical (unpaired) electrons. The highest BCUT2D eigenvalue weighted by molar-refractivity contribution is 5.90. The first-order valence-electron chi connectivity index (χ1n) is 9.42. The smallest absolute Gasteiger partial charge is 0.232 e. The molecular weight excluding hydrogens is 348 g/mol. The molecule has 0 saturated heterocycles. The topological polar surface area (TPSA) is 50.3 Å². The van der Waals surface area contributed by atoms with Gasteiger partial charge in [0.1, 0.15) is 18.2 Å². The van der Waals surface area contributed by atoms with E-state index in [0.29, 0.717) is 25.6 Å². The van der Waals surface area contributed by atoms with Gasteiger partial charge in [-0.25, -0.2) is 4.98 Å². The highest BCUT2D eigenvalue weighted by Gasteiger charge is 2.22. The van der Waals surface area contributed by atoms with Crippen molar-refractivity contribution >= 4 is 28.4 Å². The second kappa shape index (κ2) is 7.19. The highest BCUT2D eigenvalue weighted by atomic mass is 16.5. The molecule has 1 aliphatic heterocycles. The summed E-state index contributed by atoms with van der Waals surface area (Å²) in [4.78, 5) is 11.8. The monoisotopic (exact) mass is 368 g/mol. The van der Waals surface area contributed by atoms with Crippen molar-refractivity contribution in [3.63, 3.8) is 0 Å². The van der Waals surface area contributed by atoms with E-state index in [0.717, 1.165) is 28.2 Å². The summed E-state index contributed by atoms with van der Waals surface area (Å²) in [6.45, 7) is 2.04. The molecule has 0 fully saturated rings. The number of para-hydroxylation sites is 3. The van der Waals surface area contributed by atoms with E-state index in [4.69, 9.17) is 14.7 Å². The number of hydrogen-bond acceptors (Lipinski definition) is 5. The lowest BCUT2D eigenvalue weighted by Gasteiger charge is -2.29. The minimum Gasteiger partial charge on any atom is -0.490 e. The lowest BCUT2D eigenvalue weighted by Crippen LogP contribution is -2.30. The first-order valence-corrected chi connectivity index (χ1v) is 9.42. The Morgan fingerprint density at radius 2 is 1.64 bits per heavy atom. The van der Waals surface area contributed by atoms with Crippen LogP contribution in [0, 0.1) is 0 Å². The van der Waals surface area contributed by atoms with Gasteiger partial charge in [-0.1, -0.05) is 54.6 Å². The second-order valence-electron chi connectivity index (χ2n) is 6.70. The molecule has 5 heteroatoms. The fourth-order valence-electron chi connectivity index (χ4n) is 3.48. The van der Waals surface area contributed by atoms with Crippen molar-refractivity contribution in [3.8, 4) is 5.75 Å². The maximum atomic E-state index is 5.79. The third-order valence-electron chi connectivity index (χ3n) is 4.86. The number of nitrogens with zero attached hydrogens (tertiary/aromatic N) is 3. The molecule has 0 amide bonds. The molecule has 0 atom stereocenters. The maximum absolute atomic E-state index is 5.79. The molecule has 0 bridgehead atoms. The molecule has 1 aliphatic rings. The van der Waals surface area contributed by atoms with Crippen LogP contribution in [0.4, 0.5) is 17.5 Å². The number of nitrogens with one attached hydrogen (secondary N) is 1. The van der Waals surface area contributed by atoms with Crippen LogP contribution in [-0.4, -0.2) is 23.1 Å². The van der Waals surface area contributed by atoms with Gasteiger partial charge < -0.3 is 15.0 Å². The zero-order valence-corrected chi connectivity index (χ0v) is 15.4. The standard InChI is InChI=1S/C23H20N4O/c1-2-8-17(9-3-1)16-24-22-18-10-4-5-11-19(18)25-23(26-22)27-14-15-28-21-13-7-6-12-20(21)27/h1-13H,14-16H2,(H,24,25,26). The zero-order valence-electron chi connectivity index (χ0n) is 15.4. The molecule has 0 unspecified atom stereocenters. The lowest BCUT2D eigenvalue weighted by atomic mass is 10.2. The molecule has 2 heterocycles. The van der Waals surface area contributed by atoms with Crippen LogP contribution in [0.5, 0.6) is 5.75 Å². The number of aromatic nitrogens is 2. The summed E-state index contributed by atoms with van der Waals surface area (Å²) < 4.78 is 5.79. The average Bonchev–Trinajstić information content (AvgIpc) is 2.77. The molecule has 0 saturated carbocycles. The van der Waals surface area contributed by atoms with E-state index in [-0.39, 0.29) is 0 Å². The predicted molar refractivity (Wildman–Crippen MR) is 112 cm³/mol. The largest absolute Gasteiger partial charge is 0.490 e. The zero-order chi connectivity index (χ0) is 18.8. The normalized spacial score (nSPS) is 13.1. The summed E-state index contributed by atoms with van der Waals surface area (Å²) in [7, 11) is 0. The van der Waals surface area contributed by atoms with E-state index in [1.807, 2.05) is 60.7 Å². The van der Waals surface area contributed by atoms with Gasteiger partial charge in [0.15, 0.2) is 0 Å². The number of rotatable bonds is 4. The fourth-order valence-corrected chi connectivity index (χ4v) is 3.48. The average molecular weight is 368 g/mol. The Morgan fingerprint density at radius 1 is 0.857 bits per heavy atom. The Balaban J connectivity index is 1.56. The number of hydrogen-bond donors (Lipinski definition) is 1. The Kier molecular flexibility index (Phi) is 4.26. The van der Waals surface area contributed by atoms with Crippen molar-refractivity contribution in [3.05, 3.63) is 84.4 Å². The van der Waals surface area contributed by atoms with Crippen LogP contribution in [0.25, 0.3) is 10.9 Å². The Bertz CT molecular complexity index is 1110. The molecule has 5 nitrogen and oxygen atoms in total. The van der Waals surface area contributed by atoms with E-state index in [1.165, 1.54) is 5.56 Å². The molecule has 1 N–H and O–H groups in total. The van der Waals surface area contributed by atoms with Crippen molar-refractivity contribution in [2.75, 3.05) is 23.4 Å². The van der Waals surface area contributed by atoms with Crippen molar-refractivity contribution in [2.24, 2.45) is 0 Å². The van der Waals surface area contributed by atoms with Crippen LogP contribution in [0.3, 0.4) is 0 Å². The number of benzene rings is 3. The molecule has 3 aromatic carbocycles. The molecule has 4 aromatic rings. The Morgan fingerprint density at radius 3 is 2.57 bits per heavy atom. The van der Waals surface area contributed by atoms with Gasteiger partial charge in [-0.3, -0.25) is 0 Å². The van der Waals surface area contributed by atoms with E-state index in [2.05, 4.69) is 28.4 Å². The van der Waals surface area contributed by atoms with Gasteiger partial charge >= 0.3 is 0 Å². The summed E-state index contributed by atoms with van der Waals surface area (Å²) in [5.41, 5.74) is 3.13. The van der Waals surface area contributed by atoms with Crippen LogP contribution in [0.1, 0.15) is 5.56 Å². The summed E-state index contributed by atoms with van der Waals surface area (Å²) in [5.74, 6) is 2.39. The predicted octanol–water partition coefficient (Wildman–Crippen LogP) is 4.77. The molecule has 5 rings (SSSR count). The molecular formula is C23H20N4O. The third-order valence-corrected chi connectivity index (χ3v) is 4.86. The number of anilines is 3. The van der Waals surface area contributed by atoms with Crippen molar-refractivity contribution in [1.82, 2.24) is 9.97 Å². The number of fused-ring (bicyclic) bond motifs is 2. The quantitative estimate of drug-likeness (QED) is 0.562. The SMILES string of the molecule is c1ccc(CNc2nc(N3CCOc4ccccc43)nc3ccccc23)cc1. The molecule has 138 valence electrons. The molecule has 28 heavy (non-hydrogen) atoms. The third kappa shape index (κ3) is 3.11. The summed E-state index contributed by atoms with van der Waals surface area (Å²) in [5, 5.41) is 4.52. The molecule has 0 spiro atoms. The van der Waals surface area contributed by atoms with Gasteiger partial charge in [-0.05, 0) is 29.8 Å². The summed E-state index contributed by atoms with van der Waals surface area (Å²) in [6.07, 6.45) is 0. The van der Waals surface area contributed by atoms with Gasteiger partial charge in [0.25, 0.3) is 0 Å². The first-order chi connectivity index (χ1) is 13.9. The van der Waals surface area contributed by atoms with Gasteiger partial charge in [0.05, 0.1) is 17.7 Å². The minimum absolute atomic E-state index is 0.611. The van der Waals surface area contributed by atoms with Gasteiger partial charge in [0, 0.05) is 11.9 Å². The summed E-state index contributed by atoms with van der Waals surface area (Å²) in [6, 6.07) is 26.5. The molecule has 1 aromatic heterocycles. The van der Waals surface area contributed by atoms with Crippen LogP contribution < -0.4 is 15.0 Å². The van der Waals surface area contributed by atoms with E-state index >= 15 is 0 Å². The summed E-state index contributed by atoms with van der Waals surface area (Å²) >= 11 is 0. The van der Waals surface area contributed by atoms with Gasteiger partial charge in [-0.2, -0.15) is 4.98 Å². The first kappa shape index (κ1) is 16.6. The second-order valence-corrected chi connectivity index (χ2v) is 6.70. The lowest BCUT2D eigenvalue weighted by molar-refractivity contribution is 0.313. The van der Waals surface area contributed by atoms with Crippen LogP contribution in [0.2, 0.25) is 0 Å². The van der Waals surface area contributed by atoms with Crippen LogP contribution in [0.15, 0.2) is 78.9 Å². The van der Waals surface area contributed by atoms with Gasteiger partial charge in [0.2, 0.25) is 5.95 Å². The fraction of sp³-hybridized carbons (Fsp3) is 0.130. The van der Waals surface area contributed by atoms with E-state index < -0.39 is 0 Å². The van der Waals surface area contributed by atoms with Crippen molar-refractivity contribution in [2.45, 2.75) is 6.54 Å². The maximum Gasteiger partial charge on any atom is 0.232 e. The van der Waals surface area contributed by atoms with Crippen LogP contribution in [-0.2, 0) is 6.54 Å². The minimum atomic E-state index is 0.611. The Hall–Kier alpha value is -3.60. The van der Waals surface area contributed by atoms with Crippen molar-refractivity contribution in [1.29, 1.82) is 0 Å². The highest BCUT2D eigenvalue weighted by Crippen LogP contribution is 2.36. The van der Waals surface area contributed by atoms with Gasteiger partial charge in [-0.15, -0.1) is 0 Å². The Labute approximate surface area is 163 Å². The van der Waals surface area contributed by atoms with E-state index in [1.54, 1.807) is 0 Å². The van der Waals surface area contributed by atoms with E-state index in [9.17, 15) is 0 Å². The number of ether oxygens (including phenoxy) is 1. The molecule has 0 aliphatic carbocycles.